The number of benzene rings is 2. The molecule has 0 radical (unpaired) electrons. The Morgan fingerprint density at radius 3 is 2.14 bits per heavy atom. The fourth-order valence-corrected chi connectivity index (χ4v) is 4.34. The molecule has 0 saturated heterocycles. The molecule has 0 atom stereocenters. The Labute approximate surface area is 165 Å². The van der Waals surface area contributed by atoms with Gasteiger partial charge in [0.2, 0.25) is 0 Å². The molecule has 0 amide bonds. The van der Waals surface area contributed by atoms with Crippen LogP contribution in [-0.2, 0) is 18.3 Å². The molecule has 1 aromatic heterocycles. The number of rotatable bonds is 7. The van der Waals surface area contributed by atoms with Crippen LogP contribution in [0.2, 0.25) is 0 Å². The van der Waals surface area contributed by atoms with Crippen LogP contribution < -0.4 is 5.63 Å². The molecule has 3 nitrogen and oxygen atoms in total. The van der Waals surface area contributed by atoms with Crippen molar-refractivity contribution in [1.29, 1.82) is 0 Å². The van der Waals surface area contributed by atoms with E-state index < -0.39 is 5.41 Å². The summed E-state index contributed by atoms with van der Waals surface area (Å²) < 4.78 is 5.63. The molecule has 1 heterocycles. The van der Waals surface area contributed by atoms with Crippen LogP contribution in [0.1, 0.15) is 54.6 Å². The van der Waals surface area contributed by atoms with Gasteiger partial charge in [-0.25, -0.2) is 4.79 Å². The molecule has 4 rings (SSSR count). The third-order valence-corrected chi connectivity index (χ3v) is 5.98. The summed E-state index contributed by atoms with van der Waals surface area (Å²) in [7, 11) is 0. The van der Waals surface area contributed by atoms with E-state index in [2.05, 4.69) is 12.1 Å². The maximum atomic E-state index is 12.8. The normalized spacial score (nSPS) is 15.1. The highest BCUT2D eigenvalue weighted by Gasteiger charge is 2.44. The van der Waals surface area contributed by atoms with E-state index in [1.165, 1.54) is 5.56 Å². The summed E-state index contributed by atoms with van der Waals surface area (Å²) in [6.07, 6.45) is 6.39. The molecule has 0 unspecified atom stereocenters. The van der Waals surface area contributed by atoms with Crippen molar-refractivity contribution in [3.63, 3.8) is 0 Å². The van der Waals surface area contributed by atoms with Gasteiger partial charge in [0.1, 0.15) is 11.5 Å². The predicted molar refractivity (Wildman–Crippen MR) is 111 cm³/mol. The monoisotopic (exact) mass is 374 g/mol. The number of hydrogen-bond acceptors (Lipinski definition) is 3. The fourth-order valence-electron chi connectivity index (χ4n) is 4.34. The molecular formula is C25H26O3. The van der Waals surface area contributed by atoms with Crippen LogP contribution in [0.3, 0.4) is 0 Å². The molecule has 0 bridgehead atoms. The van der Waals surface area contributed by atoms with Crippen LogP contribution in [0.4, 0.5) is 0 Å². The molecule has 1 N–H and O–H groups in total. The number of unbranched alkanes of at least 4 members (excludes halogenated alkanes) is 1. The summed E-state index contributed by atoms with van der Waals surface area (Å²) in [5.41, 5.74) is 2.04. The van der Waals surface area contributed by atoms with Gasteiger partial charge < -0.3 is 9.52 Å². The zero-order valence-corrected chi connectivity index (χ0v) is 16.1. The van der Waals surface area contributed by atoms with Gasteiger partial charge in [-0.2, -0.15) is 0 Å². The first kappa shape index (κ1) is 18.5. The van der Waals surface area contributed by atoms with Crippen molar-refractivity contribution in [3.8, 4) is 5.75 Å². The molecule has 2 aromatic carbocycles. The van der Waals surface area contributed by atoms with Crippen LogP contribution in [0.25, 0.3) is 0 Å². The van der Waals surface area contributed by atoms with Gasteiger partial charge in [-0.05, 0) is 43.2 Å². The maximum absolute atomic E-state index is 12.8. The molecule has 28 heavy (non-hydrogen) atoms. The Hall–Kier alpha value is -2.81. The molecule has 1 aliphatic carbocycles. The Morgan fingerprint density at radius 2 is 1.54 bits per heavy atom. The van der Waals surface area contributed by atoms with Crippen molar-refractivity contribution in [3.05, 3.63) is 99.6 Å². The summed E-state index contributed by atoms with van der Waals surface area (Å²) >= 11 is 0. The zero-order valence-electron chi connectivity index (χ0n) is 16.1. The highest BCUT2D eigenvalue weighted by molar-refractivity contribution is 5.47. The lowest BCUT2D eigenvalue weighted by molar-refractivity contribution is 0.274. The third-order valence-electron chi connectivity index (χ3n) is 5.98. The van der Waals surface area contributed by atoms with Crippen LogP contribution in [0, 0.1) is 0 Å². The van der Waals surface area contributed by atoms with E-state index in [1.54, 1.807) is 6.07 Å². The molecule has 0 aliphatic heterocycles. The molecular weight excluding hydrogens is 348 g/mol. The van der Waals surface area contributed by atoms with Crippen molar-refractivity contribution in [2.24, 2.45) is 0 Å². The molecule has 144 valence electrons. The Morgan fingerprint density at radius 1 is 0.893 bits per heavy atom. The molecule has 3 heteroatoms. The van der Waals surface area contributed by atoms with Crippen LogP contribution in [0.5, 0.6) is 5.75 Å². The van der Waals surface area contributed by atoms with Gasteiger partial charge in [-0.3, -0.25) is 0 Å². The molecule has 1 saturated carbocycles. The second-order valence-corrected chi connectivity index (χ2v) is 7.75. The van der Waals surface area contributed by atoms with E-state index in [-0.39, 0.29) is 11.4 Å². The van der Waals surface area contributed by atoms with E-state index in [0.717, 1.165) is 44.1 Å². The third kappa shape index (κ3) is 3.62. The maximum Gasteiger partial charge on any atom is 0.343 e. The van der Waals surface area contributed by atoms with E-state index in [4.69, 9.17) is 4.42 Å². The van der Waals surface area contributed by atoms with Gasteiger partial charge in [-0.1, -0.05) is 67.1 Å². The minimum atomic E-state index is -0.405. The topological polar surface area (TPSA) is 50.4 Å². The van der Waals surface area contributed by atoms with Gasteiger partial charge in [0.05, 0.1) is 5.56 Å². The quantitative estimate of drug-likeness (QED) is 0.565. The average Bonchev–Trinajstić information content (AvgIpc) is 2.68. The first-order chi connectivity index (χ1) is 13.7. The molecule has 1 aliphatic rings. The largest absolute Gasteiger partial charge is 0.507 e. The molecule has 1 fully saturated rings. The summed E-state index contributed by atoms with van der Waals surface area (Å²) in [6, 6.07) is 22.0. The van der Waals surface area contributed by atoms with E-state index in [0.29, 0.717) is 17.7 Å². The van der Waals surface area contributed by atoms with Gasteiger partial charge in [0.25, 0.3) is 0 Å². The summed E-state index contributed by atoms with van der Waals surface area (Å²) in [4.78, 5) is 12.8. The minimum absolute atomic E-state index is 0.0814. The SMILES string of the molecule is O=c1oc(CCCCc2ccccc2)cc(O)c1C1(c2ccccc2)CCC1. The van der Waals surface area contributed by atoms with Gasteiger partial charge in [0, 0.05) is 17.9 Å². The zero-order chi connectivity index (χ0) is 19.4. The van der Waals surface area contributed by atoms with Crippen molar-refractivity contribution in [1.82, 2.24) is 0 Å². The smallest absolute Gasteiger partial charge is 0.343 e. The summed E-state index contributed by atoms with van der Waals surface area (Å²) in [5, 5.41) is 10.7. The minimum Gasteiger partial charge on any atom is -0.507 e. The summed E-state index contributed by atoms with van der Waals surface area (Å²) in [6.45, 7) is 0. The average molecular weight is 374 g/mol. The fraction of sp³-hybridized carbons (Fsp3) is 0.320. The lowest BCUT2D eigenvalue weighted by atomic mass is 9.60. The Balaban J connectivity index is 1.49. The van der Waals surface area contributed by atoms with Crippen molar-refractivity contribution < 1.29 is 9.52 Å². The highest BCUT2D eigenvalue weighted by atomic mass is 16.4. The van der Waals surface area contributed by atoms with Crippen LogP contribution >= 0.6 is 0 Å². The number of hydrogen-bond donors (Lipinski definition) is 1. The lowest BCUT2D eigenvalue weighted by Gasteiger charge is -2.42. The highest BCUT2D eigenvalue weighted by Crippen LogP contribution is 2.50. The Bertz CT molecular complexity index is 970. The van der Waals surface area contributed by atoms with Crippen molar-refractivity contribution in [2.45, 2.75) is 50.4 Å². The van der Waals surface area contributed by atoms with Crippen LogP contribution in [-0.4, -0.2) is 5.11 Å². The Kier molecular flexibility index (Phi) is 5.34. The first-order valence-corrected chi connectivity index (χ1v) is 10.1. The molecule has 3 aromatic rings. The van der Waals surface area contributed by atoms with E-state index in [9.17, 15) is 9.90 Å². The van der Waals surface area contributed by atoms with E-state index >= 15 is 0 Å². The van der Waals surface area contributed by atoms with Gasteiger partial charge in [0.15, 0.2) is 0 Å². The predicted octanol–water partition coefficient (Wildman–Crippen LogP) is 5.38. The number of aromatic hydroxyl groups is 1. The number of aryl methyl sites for hydroxylation is 2. The second kappa shape index (κ2) is 8.05. The second-order valence-electron chi connectivity index (χ2n) is 7.75. The van der Waals surface area contributed by atoms with Crippen molar-refractivity contribution in [2.75, 3.05) is 0 Å². The van der Waals surface area contributed by atoms with Gasteiger partial charge >= 0.3 is 5.63 Å². The van der Waals surface area contributed by atoms with Crippen LogP contribution in [0.15, 0.2) is 75.9 Å². The standard InChI is InChI=1S/C25H26O3/c26-22-18-21(15-8-7-12-19-10-3-1-4-11-19)28-24(27)23(22)25(16-9-17-25)20-13-5-2-6-14-20/h1-6,10-11,13-14,18,26H,7-9,12,15-17H2. The van der Waals surface area contributed by atoms with Gasteiger partial charge in [-0.15, -0.1) is 0 Å². The lowest BCUT2D eigenvalue weighted by Crippen LogP contribution is -2.39. The van der Waals surface area contributed by atoms with Crippen molar-refractivity contribution >= 4 is 0 Å². The summed E-state index contributed by atoms with van der Waals surface area (Å²) in [5.74, 6) is 0.653. The first-order valence-electron chi connectivity index (χ1n) is 10.1. The van der Waals surface area contributed by atoms with E-state index in [1.807, 2.05) is 48.5 Å². The molecule has 0 spiro atoms.